The van der Waals surface area contributed by atoms with Crippen LogP contribution in [0.2, 0.25) is 0 Å². The summed E-state index contributed by atoms with van der Waals surface area (Å²) < 4.78 is 75.8. The van der Waals surface area contributed by atoms with E-state index in [1.165, 1.54) is 7.11 Å². The molecule has 0 unspecified atom stereocenters. The van der Waals surface area contributed by atoms with Crippen molar-refractivity contribution in [3.8, 4) is 0 Å². The van der Waals surface area contributed by atoms with Crippen molar-refractivity contribution in [2.24, 2.45) is 0 Å². The predicted molar refractivity (Wildman–Crippen MR) is 286 cm³/mol. The van der Waals surface area contributed by atoms with Crippen molar-refractivity contribution >= 4 is 11.6 Å². The van der Waals surface area contributed by atoms with Gasteiger partial charge in [0.2, 0.25) is 0 Å². The van der Waals surface area contributed by atoms with Crippen LogP contribution < -0.4 is 0 Å². The lowest BCUT2D eigenvalue weighted by Gasteiger charge is -2.47. The lowest BCUT2D eigenvalue weighted by atomic mass is 9.97. The van der Waals surface area contributed by atoms with E-state index in [-0.39, 0.29) is 57.0 Å². The number of halogens is 1. The number of methoxy groups -OCH3 is 1. The van der Waals surface area contributed by atoms with E-state index >= 15 is 0 Å². The minimum absolute atomic E-state index is 0.0311. The van der Waals surface area contributed by atoms with E-state index in [9.17, 15) is 0 Å². The quantitative estimate of drug-likeness (QED) is 0.0518. The second-order valence-corrected chi connectivity index (χ2v) is 18.8. The van der Waals surface area contributed by atoms with E-state index < -0.39 is 55.3 Å². The Morgan fingerprint density at radius 1 is 0.373 bits per heavy atom. The third-order valence-electron chi connectivity index (χ3n) is 12.9. The summed E-state index contributed by atoms with van der Waals surface area (Å²) in [5.74, 6) is 0.278. The van der Waals surface area contributed by atoms with E-state index in [4.69, 9.17) is 63.7 Å². The molecule has 9 rings (SSSR count). The van der Waals surface area contributed by atoms with Crippen molar-refractivity contribution in [3.63, 3.8) is 0 Å². The Balaban J connectivity index is 1.14. The van der Waals surface area contributed by atoms with Crippen LogP contribution in [0.4, 0.5) is 0 Å². The second-order valence-electron chi connectivity index (χ2n) is 18.4. The lowest BCUT2D eigenvalue weighted by Crippen LogP contribution is -2.63. The van der Waals surface area contributed by atoms with Gasteiger partial charge in [-0.05, 0) is 38.9 Å². The summed E-state index contributed by atoms with van der Waals surface area (Å²) in [5.41, 5.74) is 6.72. The maximum atomic E-state index is 7.54. The molecule has 9 atom stereocenters. The summed E-state index contributed by atoms with van der Waals surface area (Å²) in [4.78, 5) is 0. The zero-order valence-electron chi connectivity index (χ0n) is 42.1. The van der Waals surface area contributed by atoms with Gasteiger partial charge in [0, 0.05) is 7.11 Å². The molecule has 12 heteroatoms. The van der Waals surface area contributed by atoms with Crippen molar-refractivity contribution in [1.82, 2.24) is 0 Å². The summed E-state index contributed by atoms with van der Waals surface area (Å²) in [6, 6.07) is 69.8. The van der Waals surface area contributed by atoms with Crippen LogP contribution in [0.1, 0.15) is 38.9 Å². The highest BCUT2D eigenvalue weighted by atomic mass is 35.5. The highest BCUT2D eigenvalue weighted by Gasteiger charge is 2.53. The summed E-state index contributed by atoms with van der Waals surface area (Å²) in [6.45, 7) is 1.80. The number of benzene rings is 7. The molecular formula is C63H65ClO11. The minimum Gasteiger partial charge on any atom is -0.489 e. The summed E-state index contributed by atoms with van der Waals surface area (Å²) >= 11 is 7.42. The smallest absolute Gasteiger partial charge is 0.198 e. The zero-order chi connectivity index (χ0) is 51.3. The van der Waals surface area contributed by atoms with Gasteiger partial charge < -0.3 is 52.1 Å². The highest BCUT2D eigenvalue weighted by Crippen LogP contribution is 2.38. The SMILES string of the molecule is CO[C@H]1O[C@H](COCc2ccccc2)[C@@H](O[C@@H]2O[C@H](COCc3ccccc3)[C@H](OCc3ccccc3)[C@H](OCc3ccccc3)[C@H]2OCc2ccccc2)[C@H](OCc2ccccc2)C(OCc2ccccc2)=C1Cl. The van der Waals surface area contributed by atoms with Crippen LogP contribution in [0.3, 0.4) is 0 Å². The largest absolute Gasteiger partial charge is 0.489 e. The molecule has 0 aromatic heterocycles. The Kier molecular flexibility index (Phi) is 20.6. The van der Waals surface area contributed by atoms with Gasteiger partial charge in [-0.2, -0.15) is 0 Å². The molecule has 2 heterocycles. The highest BCUT2D eigenvalue weighted by molar-refractivity contribution is 6.30. The molecule has 7 aromatic rings. The molecule has 0 amide bonds. The van der Waals surface area contributed by atoms with E-state index in [0.717, 1.165) is 38.9 Å². The molecule has 75 heavy (non-hydrogen) atoms. The number of rotatable bonds is 26. The van der Waals surface area contributed by atoms with Crippen LogP contribution in [-0.4, -0.2) is 75.6 Å². The first-order chi connectivity index (χ1) is 37.1. The van der Waals surface area contributed by atoms with E-state index in [2.05, 4.69) is 0 Å². The van der Waals surface area contributed by atoms with Crippen LogP contribution in [0.25, 0.3) is 0 Å². The third kappa shape index (κ3) is 15.8. The molecule has 0 bridgehead atoms. The maximum Gasteiger partial charge on any atom is 0.198 e. The Labute approximate surface area is 445 Å². The van der Waals surface area contributed by atoms with Crippen LogP contribution in [0.15, 0.2) is 223 Å². The summed E-state index contributed by atoms with van der Waals surface area (Å²) in [7, 11) is 1.53. The van der Waals surface area contributed by atoms with Crippen LogP contribution in [0.5, 0.6) is 0 Å². The number of hydrogen-bond acceptors (Lipinski definition) is 11. The summed E-state index contributed by atoms with van der Waals surface area (Å²) in [6.07, 6.45) is -8.39. The van der Waals surface area contributed by atoms with Gasteiger partial charge >= 0.3 is 0 Å². The van der Waals surface area contributed by atoms with E-state index in [1.807, 2.05) is 212 Å². The van der Waals surface area contributed by atoms with Gasteiger partial charge in [0.15, 0.2) is 12.6 Å². The fourth-order valence-corrected chi connectivity index (χ4v) is 9.34. The topological polar surface area (TPSA) is 102 Å². The predicted octanol–water partition coefficient (Wildman–Crippen LogP) is 11.9. The number of hydrogen-bond donors (Lipinski definition) is 0. The van der Waals surface area contributed by atoms with Crippen LogP contribution >= 0.6 is 11.6 Å². The van der Waals surface area contributed by atoms with Gasteiger partial charge in [-0.15, -0.1) is 0 Å². The van der Waals surface area contributed by atoms with Gasteiger partial charge in [-0.3, -0.25) is 0 Å². The zero-order valence-corrected chi connectivity index (χ0v) is 42.9. The molecule has 0 saturated carbocycles. The van der Waals surface area contributed by atoms with Gasteiger partial charge in [-0.25, -0.2) is 0 Å². The molecule has 0 spiro atoms. The standard InChI is InChI=1S/C63H65ClO11/c1-65-62-55(64)58(69-40-49-29-15-5-16-30-49)60(71-42-51-33-19-7-20-34-51)57(54(73-62)45-67-38-47-25-11-3-12-26-47)75-63-61(72-43-52-35-21-8-22-36-52)59(70-41-50-31-17-6-18-32-50)56(68-39-48-27-13-4-14-28-48)53(74-63)44-66-37-46-23-9-2-10-24-46/h2-36,53-54,56-57,59-63H,37-45H2,1H3/t53-,54-,56+,57-,59+,60+,61-,62+,63+/m1/s1. The average Bonchev–Trinajstić information content (AvgIpc) is 3.57. The molecule has 0 aliphatic carbocycles. The molecule has 2 aliphatic rings. The van der Waals surface area contributed by atoms with Crippen molar-refractivity contribution in [2.45, 2.75) is 102 Å². The Hall–Kier alpha value is -6.03. The summed E-state index contributed by atoms with van der Waals surface area (Å²) in [5, 5.41) is 0.165. The van der Waals surface area contributed by atoms with Crippen molar-refractivity contribution in [2.75, 3.05) is 20.3 Å². The maximum absolute atomic E-state index is 7.54. The Bertz CT molecular complexity index is 2710. The normalized spacial score (nSPS) is 22.9. The van der Waals surface area contributed by atoms with Gasteiger partial charge in [0.05, 0.1) is 52.9 Å². The molecule has 1 fully saturated rings. The van der Waals surface area contributed by atoms with Crippen LogP contribution in [-0.2, 0) is 98.4 Å². The van der Waals surface area contributed by atoms with Crippen molar-refractivity contribution < 1.29 is 52.1 Å². The third-order valence-corrected chi connectivity index (χ3v) is 13.3. The van der Waals surface area contributed by atoms with Crippen LogP contribution in [0, 0.1) is 0 Å². The molecule has 390 valence electrons. The fraction of sp³-hybridized carbons (Fsp3) is 0.302. The second kappa shape index (κ2) is 28.8. The number of ether oxygens (including phenoxy) is 11. The Morgan fingerprint density at radius 2 is 0.720 bits per heavy atom. The molecular weight excluding hydrogens is 968 g/mol. The molecule has 7 aromatic carbocycles. The average molecular weight is 1030 g/mol. The monoisotopic (exact) mass is 1030 g/mol. The lowest BCUT2D eigenvalue weighted by molar-refractivity contribution is -0.349. The van der Waals surface area contributed by atoms with Gasteiger partial charge in [0.25, 0.3) is 0 Å². The molecule has 2 aliphatic heterocycles. The van der Waals surface area contributed by atoms with Crippen molar-refractivity contribution in [3.05, 3.63) is 262 Å². The molecule has 1 saturated heterocycles. The van der Waals surface area contributed by atoms with Crippen molar-refractivity contribution in [1.29, 1.82) is 0 Å². The van der Waals surface area contributed by atoms with Gasteiger partial charge in [-0.1, -0.05) is 224 Å². The van der Waals surface area contributed by atoms with E-state index in [0.29, 0.717) is 13.2 Å². The molecule has 0 N–H and O–H groups in total. The molecule has 0 radical (unpaired) electrons. The minimum atomic E-state index is -1.17. The fourth-order valence-electron chi connectivity index (χ4n) is 9.04. The first kappa shape index (κ1) is 53.8. The van der Waals surface area contributed by atoms with Gasteiger partial charge in [0.1, 0.15) is 60.1 Å². The first-order valence-electron chi connectivity index (χ1n) is 25.5. The first-order valence-corrected chi connectivity index (χ1v) is 25.9. The Morgan fingerprint density at radius 3 is 1.13 bits per heavy atom. The molecule has 11 nitrogen and oxygen atoms in total. The van der Waals surface area contributed by atoms with E-state index in [1.54, 1.807) is 0 Å².